The summed E-state index contributed by atoms with van der Waals surface area (Å²) in [5, 5.41) is 8.51. The predicted molar refractivity (Wildman–Crippen MR) is 46.2 cm³/mol. The summed E-state index contributed by atoms with van der Waals surface area (Å²) < 4.78 is 5.30. The molecule has 0 unspecified atom stereocenters. The van der Waals surface area contributed by atoms with Crippen molar-refractivity contribution >= 4 is 0 Å². The van der Waals surface area contributed by atoms with Crippen LogP contribution >= 0.6 is 0 Å². The van der Waals surface area contributed by atoms with Crippen molar-refractivity contribution in [3.63, 3.8) is 0 Å². The fraction of sp³-hybridized carbons (Fsp3) is 0.778. The molecule has 0 bridgehead atoms. The van der Waals surface area contributed by atoms with Crippen LogP contribution in [0.1, 0.15) is 27.2 Å². The molecule has 0 spiro atoms. The normalized spacial score (nSPS) is 12.3. The minimum Gasteiger partial charge on any atom is -0.496 e. The second kappa shape index (κ2) is 6.23. The highest BCUT2D eigenvalue weighted by molar-refractivity contribution is 4.95. The Morgan fingerprint density at radius 2 is 2.18 bits per heavy atom. The van der Waals surface area contributed by atoms with Gasteiger partial charge in [0.2, 0.25) is 0 Å². The highest BCUT2D eigenvalue weighted by Gasteiger charge is 2.01. The largest absolute Gasteiger partial charge is 0.496 e. The fourth-order valence-electron chi connectivity index (χ4n) is 0.826. The second-order valence-electron chi connectivity index (χ2n) is 2.74. The monoisotopic (exact) mass is 158 g/mol. The first kappa shape index (κ1) is 10.5. The Balaban J connectivity index is 3.80. The maximum atomic E-state index is 8.51. The maximum absolute atomic E-state index is 8.51. The minimum absolute atomic E-state index is 0.0910. The Hall–Kier alpha value is -0.500. The Morgan fingerprint density at radius 3 is 2.55 bits per heavy atom. The quantitative estimate of drug-likeness (QED) is 0.620. The maximum Gasteiger partial charge on any atom is 0.111 e. The van der Waals surface area contributed by atoms with Crippen LogP contribution in [0.3, 0.4) is 0 Å². The Bertz CT molecular complexity index is 117. The van der Waals surface area contributed by atoms with Crippen molar-refractivity contribution in [2.75, 3.05) is 13.2 Å². The van der Waals surface area contributed by atoms with E-state index >= 15 is 0 Å². The molecule has 0 aliphatic heterocycles. The molecule has 11 heavy (non-hydrogen) atoms. The average molecular weight is 158 g/mol. The molecule has 0 rings (SSSR count). The van der Waals surface area contributed by atoms with Gasteiger partial charge in [0.05, 0.1) is 12.4 Å². The third-order valence-electron chi connectivity index (χ3n) is 1.33. The first-order chi connectivity index (χ1) is 5.22. The van der Waals surface area contributed by atoms with Crippen LogP contribution in [-0.2, 0) is 4.74 Å². The van der Waals surface area contributed by atoms with Crippen molar-refractivity contribution < 1.29 is 9.84 Å². The molecule has 2 nitrogen and oxygen atoms in total. The van der Waals surface area contributed by atoms with E-state index in [4.69, 9.17) is 9.84 Å². The van der Waals surface area contributed by atoms with Gasteiger partial charge in [-0.1, -0.05) is 20.8 Å². The van der Waals surface area contributed by atoms with E-state index in [0.29, 0.717) is 12.5 Å². The first-order valence-corrected chi connectivity index (χ1v) is 4.16. The van der Waals surface area contributed by atoms with Gasteiger partial charge in [-0.15, -0.1) is 0 Å². The molecule has 1 N–H and O–H groups in total. The summed E-state index contributed by atoms with van der Waals surface area (Å²) in [6.07, 6.45) is 3.04. The number of hydrogen-bond donors (Lipinski definition) is 1. The molecule has 0 radical (unpaired) electrons. The Labute approximate surface area is 68.9 Å². The lowest BCUT2D eigenvalue weighted by Crippen LogP contribution is -2.04. The zero-order valence-electron chi connectivity index (χ0n) is 7.63. The molecule has 0 aromatic rings. The van der Waals surface area contributed by atoms with Gasteiger partial charge in [0.25, 0.3) is 0 Å². The fourth-order valence-corrected chi connectivity index (χ4v) is 0.826. The summed E-state index contributed by atoms with van der Waals surface area (Å²) in [4.78, 5) is 0. The number of allylic oxidation sites excluding steroid dienone is 2. The van der Waals surface area contributed by atoms with Crippen LogP contribution in [0.2, 0.25) is 0 Å². The third-order valence-corrected chi connectivity index (χ3v) is 1.33. The van der Waals surface area contributed by atoms with Gasteiger partial charge >= 0.3 is 0 Å². The van der Waals surface area contributed by atoms with Crippen molar-refractivity contribution in [1.82, 2.24) is 0 Å². The summed E-state index contributed by atoms with van der Waals surface area (Å²) >= 11 is 0. The van der Waals surface area contributed by atoms with Crippen LogP contribution in [0.4, 0.5) is 0 Å². The summed E-state index contributed by atoms with van der Waals surface area (Å²) in [6, 6.07) is 0. The van der Waals surface area contributed by atoms with E-state index in [0.717, 1.165) is 12.2 Å². The number of aliphatic hydroxyl groups excluding tert-OH is 1. The smallest absolute Gasteiger partial charge is 0.111 e. The molecular formula is C9H18O2. The molecule has 0 saturated heterocycles. The number of hydrogen-bond acceptors (Lipinski definition) is 2. The van der Waals surface area contributed by atoms with E-state index in [-0.39, 0.29) is 6.61 Å². The van der Waals surface area contributed by atoms with E-state index in [1.54, 1.807) is 0 Å². The molecule has 0 aliphatic rings. The van der Waals surface area contributed by atoms with E-state index in [1.807, 2.05) is 0 Å². The van der Waals surface area contributed by atoms with Gasteiger partial charge in [0, 0.05) is 5.92 Å². The predicted octanol–water partition coefficient (Wildman–Crippen LogP) is 1.95. The van der Waals surface area contributed by atoms with Crippen molar-refractivity contribution in [2.24, 2.45) is 5.92 Å². The number of ether oxygens (including phenoxy) is 1. The second-order valence-corrected chi connectivity index (χ2v) is 2.74. The highest BCUT2D eigenvalue weighted by Crippen LogP contribution is 2.11. The zero-order valence-corrected chi connectivity index (χ0v) is 7.63. The minimum atomic E-state index is 0.0910. The molecule has 0 heterocycles. The van der Waals surface area contributed by atoms with Gasteiger partial charge in [0.15, 0.2) is 0 Å². The van der Waals surface area contributed by atoms with E-state index in [1.165, 1.54) is 0 Å². The number of aliphatic hydroxyl groups is 1. The SMILES string of the molecule is CCC=C(OCCO)C(C)C. The molecule has 0 atom stereocenters. The topological polar surface area (TPSA) is 29.5 Å². The highest BCUT2D eigenvalue weighted by atomic mass is 16.5. The van der Waals surface area contributed by atoms with Crippen LogP contribution in [0.5, 0.6) is 0 Å². The summed E-state index contributed by atoms with van der Waals surface area (Å²) in [5.74, 6) is 1.41. The van der Waals surface area contributed by atoms with Crippen molar-refractivity contribution in [3.05, 3.63) is 11.8 Å². The van der Waals surface area contributed by atoms with E-state index < -0.39 is 0 Å². The standard InChI is InChI=1S/C9H18O2/c1-4-5-9(8(2)3)11-7-6-10/h5,8,10H,4,6-7H2,1-3H3. The molecular weight excluding hydrogens is 140 g/mol. The van der Waals surface area contributed by atoms with Crippen LogP contribution < -0.4 is 0 Å². The van der Waals surface area contributed by atoms with Crippen molar-refractivity contribution in [3.8, 4) is 0 Å². The summed E-state index contributed by atoms with van der Waals surface area (Å²) in [5.41, 5.74) is 0. The van der Waals surface area contributed by atoms with Gasteiger partial charge in [0.1, 0.15) is 6.61 Å². The molecule has 0 amide bonds. The Morgan fingerprint density at radius 1 is 1.55 bits per heavy atom. The van der Waals surface area contributed by atoms with Gasteiger partial charge < -0.3 is 9.84 Å². The van der Waals surface area contributed by atoms with Gasteiger partial charge in [-0.25, -0.2) is 0 Å². The Kier molecular flexibility index (Phi) is 5.94. The average Bonchev–Trinajstić information content (AvgIpc) is 1.97. The lowest BCUT2D eigenvalue weighted by molar-refractivity contribution is 0.129. The lowest BCUT2D eigenvalue weighted by Gasteiger charge is -2.12. The van der Waals surface area contributed by atoms with Crippen LogP contribution in [0.15, 0.2) is 11.8 Å². The number of rotatable bonds is 5. The first-order valence-electron chi connectivity index (χ1n) is 4.16. The lowest BCUT2D eigenvalue weighted by atomic mass is 10.1. The molecule has 0 aliphatic carbocycles. The van der Waals surface area contributed by atoms with Crippen LogP contribution in [0.25, 0.3) is 0 Å². The van der Waals surface area contributed by atoms with Gasteiger partial charge in [-0.2, -0.15) is 0 Å². The van der Waals surface area contributed by atoms with Crippen LogP contribution in [0, 0.1) is 5.92 Å². The molecule has 0 aromatic heterocycles. The van der Waals surface area contributed by atoms with Crippen LogP contribution in [-0.4, -0.2) is 18.3 Å². The molecule has 0 fully saturated rings. The molecule has 2 heteroatoms. The van der Waals surface area contributed by atoms with Crippen molar-refractivity contribution in [1.29, 1.82) is 0 Å². The van der Waals surface area contributed by atoms with Crippen molar-refractivity contribution in [2.45, 2.75) is 27.2 Å². The molecule has 0 saturated carbocycles. The summed E-state index contributed by atoms with van der Waals surface area (Å²) in [6.45, 7) is 6.74. The van der Waals surface area contributed by atoms with Gasteiger partial charge in [-0.05, 0) is 12.5 Å². The van der Waals surface area contributed by atoms with E-state index in [9.17, 15) is 0 Å². The zero-order chi connectivity index (χ0) is 8.69. The summed E-state index contributed by atoms with van der Waals surface area (Å²) in [7, 11) is 0. The van der Waals surface area contributed by atoms with Gasteiger partial charge in [-0.3, -0.25) is 0 Å². The third kappa shape index (κ3) is 4.85. The molecule has 0 aromatic carbocycles. The molecule has 66 valence electrons. The van der Waals surface area contributed by atoms with E-state index in [2.05, 4.69) is 26.8 Å².